The Labute approximate surface area is 182 Å². The van der Waals surface area contributed by atoms with Crippen molar-refractivity contribution in [1.82, 2.24) is 30.2 Å². The van der Waals surface area contributed by atoms with Gasteiger partial charge in [-0.05, 0) is 31.1 Å². The van der Waals surface area contributed by atoms with Crippen molar-refractivity contribution in [1.29, 1.82) is 0 Å². The maximum Gasteiger partial charge on any atom is 0.573 e. The number of anilines is 1. The molecule has 2 aromatic heterocycles. The Bertz CT molecular complexity index is 1300. The third-order valence-electron chi connectivity index (χ3n) is 4.55. The molecule has 1 saturated carbocycles. The van der Waals surface area contributed by atoms with Gasteiger partial charge in [-0.25, -0.2) is 4.79 Å². The molecular formula is C19H14F3N7O4. The number of nitrogens with one attached hydrogen (secondary N) is 3. The Hall–Kier alpha value is -4.36. The van der Waals surface area contributed by atoms with Gasteiger partial charge in [0, 0.05) is 17.7 Å². The number of benzene rings is 1. The minimum Gasteiger partial charge on any atom is -0.424 e. The molecule has 0 bridgehead atoms. The van der Waals surface area contributed by atoms with Gasteiger partial charge in [-0.3, -0.25) is 10.1 Å². The van der Waals surface area contributed by atoms with E-state index >= 15 is 0 Å². The smallest absolute Gasteiger partial charge is 0.424 e. The van der Waals surface area contributed by atoms with E-state index in [1.807, 2.05) is 0 Å². The molecule has 170 valence electrons. The SMILES string of the molecule is O=C1NC(=O)/C(=C/c2cnn3c(NC4CC4)nc(Oc4cccc(OC(F)(F)F)c4)nc23)N1. The Morgan fingerprint density at radius 2 is 1.94 bits per heavy atom. The minimum absolute atomic E-state index is 0.00434. The third-order valence-corrected chi connectivity index (χ3v) is 4.55. The number of nitrogens with zero attached hydrogens (tertiary/aromatic N) is 4. The Balaban J connectivity index is 1.51. The number of aromatic nitrogens is 4. The molecule has 0 radical (unpaired) electrons. The molecule has 5 rings (SSSR count). The summed E-state index contributed by atoms with van der Waals surface area (Å²) in [6.07, 6.45) is -0.171. The van der Waals surface area contributed by atoms with Crippen LogP contribution in [-0.4, -0.2) is 43.9 Å². The summed E-state index contributed by atoms with van der Waals surface area (Å²) >= 11 is 0. The Morgan fingerprint density at radius 1 is 1.15 bits per heavy atom. The number of imide groups is 1. The highest BCUT2D eigenvalue weighted by Gasteiger charge is 2.31. The average Bonchev–Trinajstić information content (AvgIpc) is 3.36. The number of ether oxygens (including phenoxy) is 2. The number of amides is 3. The zero-order chi connectivity index (χ0) is 23.2. The van der Waals surface area contributed by atoms with Crippen LogP contribution in [0.1, 0.15) is 18.4 Å². The van der Waals surface area contributed by atoms with E-state index < -0.39 is 24.1 Å². The fraction of sp³-hybridized carbons (Fsp3) is 0.211. The van der Waals surface area contributed by atoms with Crippen molar-refractivity contribution in [2.75, 3.05) is 5.32 Å². The van der Waals surface area contributed by atoms with Gasteiger partial charge in [0.05, 0.1) is 6.20 Å². The van der Waals surface area contributed by atoms with Crippen LogP contribution in [0.3, 0.4) is 0 Å². The van der Waals surface area contributed by atoms with E-state index in [0.29, 0.717) is 11.5 Å². The number of alkyl halides is 3. The van der Waals surface area contributed by atoms with Crippen molar-refractivity contribution in [3.05, 3.63) is 41.7 Å². The van der Waals surface area contributed by atoms with Crippen LogP contribution in [0.15, 0.2) is 36.2 Å². The fourth-order valence-electron chi connectivity index (χ4n) is 3.00. The maximum atomic E-state index is 12.5. The van der Waals surface area contributed by atoms with Gasteiger partial charge in [0.15, 0.2) is 5.65 Å². The number of carbonyl (C=O) groups excluding carboxylic acids is 2. The number of hydrogen-bond donors (Lipinski definition) is 3. The summed E-state index contributed by atoms with van der Waals surface area (Å²) in [5.74, 6) is -0.761. The van der Waals surface area contributed by atoms with E-state index in [0.717, 1.165) is 25.0 Å². The summed E-state index contributed by atoms with van der Waals surface area (Å²) in [5.41, 5.74) is 0.625. The van der Waals surface area contributed by atoms with Crippen LogP contribution in [0, 0.1) is 0 Å². The van der Waals surface area contributed by atoms with Gasteiger partial charge in [-0.15, -0.1) is 13.2 Å². The molecule has 2 fully saturated rings. The molecule has 3 aromatic rings. The van der Waals surface area contributed by atoms with E-state index in [2.05, 4.69) is 35.8 Å². The normalized spacial score (nSPS) is 17.2. The predicted molar refractivity (Wildman–Crippen MR) is 105 cm³/mol. The highest BCUT2D eigenvalue weighted by atomic mass is 19.4. The monoisotopic (exact) mass is 461 g/mol. The zero-order valence-electron chi connectivity index (χ0n) is 16.5. The molecule has 3 N–H and O–H groups in total. The van der Waals surface area contributed by atoms with Crippen LogP contribution in [-0.2, 0) is 4.79 Å². The van der Waals surface area contributed by atoms with Crippen molar-refractivity contribution < 1.29 is 32.2 Å². The van der Waals surface area contributed by atoms with E-state index in [4.69, 9.17) is 4.74 Å². The second-order valence-electron chi connectivity index (χ2n) is 7.17. The van der Waals surface area contributed by atoms with Gasteiger partial charge >= 0.3 is 18.4 Å². The summed E-state index contributed by atoms with van der Waals surface area (Å²) in [5, 5.41) is 11.9. The molecule has 1 aliphatic heterocycles. The second-order valence-corrected chi connectivity index (χ2v) is 7.17. The molecule has 3 heterocycles. The first kappa shape index (κ1) is 20.5. The molecule has 11 nitrogen and oxygen atoms in total. The number of fused-ring (bicyclic) bond motifs is 1. The van der Waals surface area contributed by atoms with Crippen LogP contribution in [0.4, 0.5) is 23.9 Å². The van der Waals surface area contributed by atoms with Crippen LogP contribution >= 0.6 is 0 Å². The molecule has 1 saturated heterocycles. The lowest BCUT2D eigenvalue weighted by Crippen LogP contribution is -2.22. The molecule has 0 spiro atoms. The summed E-state index contributed by atoms with van der Waals surface area (Å²) in [4.78, 5) is 31.8. The van der Waals surface area contributed by atoms with Gasteiger partial charge in [0.2, 0.25) is 5.95 Å². The first-order chi connectivity index (χ1) is 15.7. The van der Waals surface area contributed by atoms with E-state index in [-0.39, 0.29) is 29.1 Å². The van der Waals surface area contributed by atoms with Crippen LogP contribution < -0.4 is 25.4 Å². The first-order valence-corrected chi connectivity index (χ1v) is 9.63. The summed E-state index contributed by atoms with van der Waals surface area (Å²) < 4.78 is 48.5. The lowest BCUT2D eigenvalue weighted by Gasteiger charge is -2.11. The third kappa shape index (κ3) is 4.63. The fourth-order valence-corrected chi connectivity index (χ4v) is 3.00. The Morgan fingerprint density at radius 3 is 2.64 bits per heavy atom. The molecule has 14 heteroatoms. The largest absolute Gasteiger partial charge is 0.573 e. The molecule has 3 amide bonds. The quantitative estimate of drug-likeness (QED) is 0.377. The van der Waals surface area contributed by atoms with Gasteiger partial charge in [-0.2, -0.15) is 19.6 Å². The molecule has 0 unspecified atom stereocenters. The average molecular weight is 461 g/mol. The minimum atomic E-state index is -4.85. The second kappa shape index (κ2) is 7.65. The van der Waals surface area contributed by atoms with Crippen molar-refractivity contribution in [2.45, 2.75) is 25.2 Å². The molecular weight excluding hydrogens is 447 g/mol. The molecule has 2 aliphatic rings. The van der Waals surface area contributed by atoms with E-state index in [1.165, 1.54) is 28.9 Å². The van der Waals surface area contributed by atoms with Gasteiger partial charge in [0.25, 0.3) is 5.91 Å². The highest BCUT2D eigenvalue weighted by Crippen LogP contribution is 2.30. The lowest BCUT2D eigenvalue weighted by molar-refractivity contribution is -0.274. The number of halogens is 3. The molecule has 1 aromatic carbocycles. The predicted octanol–water partition coefficient (Wildman–Crippen LogP) is 2.57. The zero-order valence-corrected chi connectivity index (χ0v) is 16.5. The molecule has 0 atom stereocenters. The van der Waals surface area contributed by atoms with Crippen molar-refractivity contribution in [3.63, 3.8) is 0 Å². The summed E-state index contributed by atoms with van der Waals surface area (Å²) in [7, 11) is 0. The number of rotatable bonds is 6. The number of carbonyl (C=O) groups is 2. The topological polar surface area (TPSA) is 132 Å². The van der Waals surface area contributed by atoms with Crippen molar-refractivity contribution in [2.24, 2.45) is 0 Å². The summed E-state index contributed by atoms with van der Waals surface area (Å²) in [6.45, 7) is 0. The van der Waals surface area contributed by atoms with Crippen molar-refractivity contribution in [3.8, 4) is 17.5 Å². The highest BCUT2D eigenvalue weighted by molar-refractivity contribution is 6.14. The van der Waals surface area contributed by atoms with Crippen molar-refractivity contribution >= 4 is 29.6 Å². The van der Waals surface area contributed by atoms with Gasteiger partial charge in [-0.1, -0.05) is 6.07 Å². The molecule has 1 aliphatic carbocycles. The van der Waals surface area contributed by atoms with Gasteiger partial charge in [0.1, 0.15) is 17.2 Å². The van der Waals surface area contributed by atoms with Crippen LogP contribution in [0.25, 0.3) is 11.7 Å². The first-order valence-electron chi connectivity index (χ1n) is 9.63. The maximum absolute atomic E-state index is 12.5. The van der Waals surface area contributed by atoms with E-state index in [9.17, 15) is 22.8 Å². The molecule has 33 heavy (non-hydrogen) atoms. The van der Waals surface area contributed by atoms with E-state index in [1.54, 1.807) is 0 Å². The lowest BCUT2D eigenvalue weighted by atomic mass is 10.2. The summed E-state index contributed by atoms with van der Waals surface area (Å²) in [6, 6.07) is 4.29. The van der Waals surface area contributed by atoms with Crippen LogP contribution in [0.2, 0.25) is 0 Å². The van der Waals surface area contributed by atoms with Gasteiger partial charge < -0.3 is 20.1 Å². The van der Waals surface area contributed by atoms with Crippen LogP contribution in [0.5, 0.6) is 17.5 Å². The number of hydrogen-bond acceptors (Lipinski definition) is 8. The number of urea groups is 1. The Kier molecular flexibility index (Phi) is 4.76. The standard InChI is InChI=1S/C19H14F3N7O4/c20-19(21,22)33-12-3-1-2-11(7-12)32-18-26-14-9(6-13-15(30)27-17(31)25-13)8-23-29(14)16(28-18)24-10-4-5-10/h1-3,6-8,10H,4-5H2,(H,24,26,28)(H2,25,27,30,31)/b13-6-.